The van der Waals surface area contributed by atoms with Gasteiger partial charge in [-0.1, -0.05) is 41.9 Å². The second-order valence-electron chi connectivity index (χ2n) is 6.70. The van der Waals surface area contributed by atoms with E-state index in [1.165, 1.54) is 0 Å². The summed E-state index contributed by atoms with van der Waals surface area (Å²) in [5.74, 6) is 0.742. The molecule has 1 aliphatic rings. The molecular formula is C23H21ClN2O2. The fraction of sp³-hybridized carbons (Fsp3) is 0.174. The quantitative estimate of drug-likeness (QED) is 0.608. The highest BCUT2D eigenvalue weighted by Gasteiger charge is 2.34. The summed E-state index contributed by atoms with van der Waals surface area (Å²) in [7, 11) is 0. The number of anilines is 2. The van der Waals surface area contributed by atoms with Crippen molar-refractivity contribution >= 4 is 28.9 Å². The Labute approximate surface area is 169 Å². The molecule has 1 N–H and O–H groups in total. The fourth-order valence-corrected chi connectivity index (χ4v) is 3.57. The number of hydrogen-bond acceptors (Lipinski definition) is 3. The van der Waals surface area contributed by atoms with Crippen molar-refractivity contribution in [3.8, 4) is 5.75 Å². The zero-order valence-corrected chi connectivity index (χ0v) is 16.5. The van der Waals surface area contributed by atoms with E-state index in [4.69, 9.17) is 16.3 Å². The molecule has 3 aromatic rings. The number of amides is 1. The number of hydrogen-bond donors (Lipinski definition) is 1. The molecule has 1 amide bonds. The molecule has 0 aliphatic carbocycles. The molecular weight excluding hydrogens is 372 g/mol. The van der Waals surface area contributed by atoms with Crippen LogP contribution in [0.4, 0.5) is 11.4 Å². The van der Waals surface area contributed by atoms with E-state index in [9.17, 15) is 4.79 Å². The van der Waals surface area contributed by atoms with Gasteiger partial charge in [-0.05, 0) is 61.4 Å². The Hall–Kier alpha value is -2.98. The van der Waals surface area contributed by atoms with Crippen molar-refractivity contribution in [2.45, 2.75) is 20.0 Å². The molecule has 0 bridgehead atoms. The summed E-state index contributed by atoms with van der Waals surface area (Å²) >= 11 is 6.36. The normalized spacial score (nSPS) is 15.8. The maximum absolute atomic E-state index is 13.4. The first-order valence-electron chi connectivity index (χ1n) is 9.26. The lowest BCUT2D eigenvalue weighted by atomic mass is 10.0. The van der Waals surface area contributed by atoms with E-state index in [-0.39, 0.29) is 12.1 Å². The molecule has 0 fully saturated rings. The van der Waals surface area contributed by atoms with Crippen LogP contribution in [0.3, 0.4) is 0 Å². The summed E-state index contributed by atoms with van der Waals surface area (Å²) in [6.45, 7) is 4.51. The van der Waals surface area contributed by atoms with Crippen LogP contribution in [0.1, 0.15) is 34.6 Å². The van der Waals surface area contributed by atoms with E-state index in [1.54, 1.807) is 4.90 Å². The van der Waals surface area contributed by atoms with Gasteiger partial charge in [-0.3, -0.25) is 9.69 Å². The smallest absolute Gasteiger partial charge is 0.262 e. The van der Waals surface area contributed by atoms with Gasteiger partial charge >= 0.3 is 0 Å². The molecule has 0 aromatic heterocycles. The number of aryl methyl sites for hydroxylation is 1. The molecule has 1 aliphatic heterocycles. The number of ether oxygens (including phenoxy) is 1. The molecule has 5 heteroatoms. The number of fused-ring (bicyclic) bond motifs is 1. The van der Waals surface area contributed by atoms with E-state index < -0.39 is 0 Å². The molecule has 3 aromatic carbocycles. The summed E-state index contributed by atoms with van der Waals surface area (Å²) < 4.78 is 5.55. The third kappa shape index (κ3) is 3.32. The number of carbonyl (C=O) groups excluding carboxylic acids is 1. The molecule has 0 spiro atoms. The molecule has 0 radical (unpaired) electrons. The first kappa shape index (κ1) is 18.4. The number of halogens is 1. The fourth-order valence-electron chi connectivity index (χ4n) is 3.40. The highest BCUT2D eigenvalue weighted by Crippen LogP contribution is 2.38. The SMILES string of the molecule is CCOc1ccc([C@H]2Nc3ccccc3C(=O)N2c2ccc(C)c(Cl)c2)cc1. The Morgan fingerprint density at radius 1 is 1.07 bits per heavy atom. The Morgan fingerprint density at radius 2 is 1.82 bits per heavy atom. The van der Waals surface area contributed by atoms with Gasteiger partial charge in [0.15, 0.2) is 0 Å². The first-order valence-corrected chi connectivity index (χ1v) is 9.64. The van der Waals surface area contributed by atoms with Crippen molar-refractivity contribution in [3.05, 3.63) is 88.4 Å². The van der Waals surface area contributed by atoms with Crippen molar-refractivity contribution in [2.75, 3.05) is 16.8 Å². The van der Waals surface area contributed by atoms with Gasteiger partial charge in [-0.25, -0.2) is 0 Å². The van der Waals surface area contributed by atoms with Gasteiger partial charge in [-0.2, -0.15) is 0 Å². The average Bonchev–Trinajstić information content (AvgIpc) is 2.71. The Bertz CT molecular complexity index is 1020. The van der Waals surface area contributed by atoms with Gasteiger partial charge in [0.2, 0.25) is 0 Å². The maximum atomic E-state index is 13.4. The molecule has 0 saturated heterocycles. The van der Waals surface area contributed by atoms with E-state index in [2.05, 4.69) is 5.32 Å². The molecule has 1 heterocycles. The topological polar surface area (TPSA) is 41.6 Å². The number of carbonyl (C=O) groups is 1. The van der Waals surface area contributed by atoms with Crippen LogP contribution in [0, 0.1) is 6.92 Å². The van der Waals surface area contributed by atoms with Crippen molar-refractivity contribution in [1.82, 2.24) is 0 Å². The highest BCUT2D eigenvalue weighted by molar-refractivity contribution is 6.31. The van der Waals surface area contributed by atoms with Gasteiger partial charge in [0.05, 0.1) is 12.2 Å². The van der Waals surface area contributed by atoms with Gasteiger partial charge in [-0.15, -0.1) is 0 Å². The maximum Gasteiger partial charge on any atom is 0.262 e. The lowest BCUT2D eigenvalue weighted by molar-refractivity contribution is 0.0975. The Balaban J connectivity index is 1.81. The number of benzene rings is 3. The average molecular weight is 393 g/mol. The third-order valence-corrected chi connectivity index (χ3v) is 5.27. The predicted octanol–water partition coefficient (Wildman–Crippen LogP) is 5.82. The zero-order chi connectivity index (χ0) is 19.7. The van der Waals surface area contributed by atoms with Crippen LogP contribution in [0.5, 0.6) is 5.75 Å². The van der Waals surface area contributed by atoms with Crippen LogP contribution in [0.2, 0.25) is 5.02 Å². The Morgan fingerprint density at radius 3 is 2.54 bits per heavy atom. The minimum Gasteiger partial charge on any atom is -0.494 e. The monoisotopic (exact) mass is 392 g/mol. The van der Waals surface area contributed by atoms with Crippen molar-refractivity contribution in [3.63, 3.8) is 0 Å². The van der Waals surface area contributed by atoms with Crippen molar-refractivity contribution in [2.24, 2.45) is 0 Å². The molecule has 142 valence electrons. The van der Waals surface area contributed by atoms with Gasteiger partial charge in [0.25, 0.3) is 5.91 Å². The molecule has 0 unspecified atom stereocenters. The van der Waals surface area contributed by atoms with Crippen LogP contribution >= 0.6 is 11.6 Å². The first-order chi connectivity index (χ1) is 13.6. The lowest BCUT2D eigenvalue weighted by Crippen LogP contribution is -2.43. The van der Waals surface area contributed by atoms with Crippen LogP contribution in [0.15, 0.2) is 66.7 Å². The second kappa shape index (κ2) is 7.56. The minimum absolute atomic E-state index is 0.0619. The van der Waals surface area contributed by atoms with Crippen LogP contribution < -0.4 is 15.0 Å². The van der Waals surface area contributed by atoms with E-state index in [0.29, 0.717) is 17.2 Å². The van der Waals surface area contributed by atoms with E-state index in [1.807, 2.05) is 80.6 Å². The standard InChI is InChI=1S/C23H21ClN2O2/c1-3-28-18-12-9-16(10-13-18)22-25-21-7-5-4-6-19(21)23(27)26(22)17-11-8-15(2)20(24)14-17/h4-14,22,25H,3H2,1-2H3/t22-/m0/s1. The minimum atomic E-state index is -0.350. The summed E-state index contributed by atoms with van der Waals surface area (Å²) in [6.07, 6.45) is -0.350. The lowest BCUT2D eigenvalue weighted by Gasteiger charge is -2.38. The summed E-state index contributed by atoms with van der Waals surface area (Å²) in [4.78, 5) is 15.1. The van der Waals surface area contributed by atoms with E-state index in [0.717, 1.165) is 28.3 Å². The third-order valence-electron chi connectivity index (χ3n) is 4.87. The van der Waals surface area contributed by atoms with Crippen LogP contribution in [0.25, 0.3) is 0 Å². The largest absolute Gasteiger partial charge is 0.494 e. The molecule has 28 heavy (non-hydrogen) atoms. The molecule has 1 atom stereocenters. The zero-order valence-electron chi connectivity index (χ0n) is 15.8. The summed E-state index contributed by atoms with van der Waals surface area (Å²) in [5, 5.41) is 4.13. The van der Waals surface area contributed by atoms with Crippen molar-refractivity contribution in [1.29, 1.82) is 0 Å². The van der Waals surface area contributed by atoms with Gasteiger partial charge in [0, 0.05) is 16.4 Å². The number of rotatable bonds is 4. The molecule has 0 saturated carbocycles. The van der Waals surface area contributed by atoms with Gasteiger partial charge < -0.3 is 10.1 Å². The highest BCUT2D eigenvalue weighted by atomic mass is 35.5. The predicted molar refractivity (Wildman–Crippen MR) is 113 cm³/mol. The number of nitrogens with zero attached hydrogens (tertiary/aromatic N) is 1. The van der Waals surface area contributed by atoms with E-state index >= 15 is 0 Å². The second-order valence-corrected chi connectivity index (χ2v) is 7.11. The summed E-state index contributed by atoms with van der Waals surface area (Å²) in [5.41, 5.74) is 4.15. The number of nitrogens with one attached hydrogen (secondary N) is 1. The van der Waals surface area contributed by atoms with Crippen LogP contribution in [-0.2, 0) is 0 Å². The Kier molecular flexibility index (Phi) is 4.97. The molecule has 4 nitrogen and oxygen atoms in total. The van der Waals surface area contributed by atoms with Crippen LogP contribution in [-0.4, -0.2) is 12.5 Å². The molecule has 4 rings (SSSR count). The van der Waals surface area contributed by atoms with Gasteiger partial charge in [0.1, 0.15) is 11.9 Å². The van der Waals surface area contributed by atoms with Crippen molar-refractivity contribution < 1.29 is 9.53 Å². The number of para-hydroxylation sites is 1. The summed E-state index contributed by atoms with van der Waals surface area (Å²) in [6, 6.07) is 21.1.